The van der Waals surface area contributed by atoms with Crippen molar-refractivity contribution in [1.82, 2.24) is 0 Å². The van der Waals surface area contributed by atoms with Crippen LogP contribution in [-0.2, 0) is 4.79 Å². The van der Waals surface area contributed by atoms with Gasteiger partial charge in [-0.15, -0.1) is 11.3 Å². The van der Waals surface area contributed by atoms with E-state index in [4.69, 9.17) is 16.0 Å². The van der Waals surface area contributed by atoms with Gasteiger partial charge in [0, 0.05) is 33.5 Å². The number of anilines is 2. The number of allylic oxidation sites excluding steroid dienone is 1. The van der Waals surface area contributed by atoms with Gasteiger partial charge >= 0.3 is 0 Å². The molecule has 0 amide bonds. The van der Waals surface area contributed by atoms with Crippen molar-refractivity contribution in [3.05, 3.63) is 103 Å². The van der Waals surface area contributed by atoms with Crippen LogP contribution < -0.4 is 16.1 Å². The van der Waals surface area contributed by atoms with Crippen LogP contribution in [0.4, 0.5) is 11.4 Å². The van der Waals surface area contributed by atoms with Crippen LogP contribution in [0.15, 0.2) is 86.7 Å². The van der Waals surface area contributed by atoms with E-state index in [0.29, 0.717) is 40.0 Å². The number of halogens is 1. The third-order valence-corrected chi connectivity index (χ3v) is 7.60. The molecule has 6 rings (SSSR count). The minimum absolute atomic E-state index is 0.0260. The predicted molar refractivity (Wildman–Crippen MR) is 132 cm³/mol. The van der Waals surface area contributed by atoms with Gasteiger partial charge in [-0.3, -0.25) is 9.59 Å². The van der Waals surface area contributed by atoms with Crippen LogP contribution in [0.1, 0.15) is 35.2 Å². The van der Waals surface area contributed by atoms with Crippen LogP contribution >= 0.6 is 22.9 Å². The molecule has 0 spiro atoms. The molecule has 2 aliphatic rings. The lowest BCUT2D eigenvalue weighted by molar-refractivity contribution is -0.116. The molecule has 5 nitrogen and oxygen atoms in total. The Morgan fingerprint density at radius 2 is 1.85 bits per heavy atom. The lowest BCUT2D eigenvalue weighted by Crippen LogP contribution is -2.29. The molecule has 0 unspecified atom stereocenters. The number of thiophene rings is 1. The summed E-state index contributed by atoms with van der Waals surface area (Å²) in [6.45, 7) is 0. The van der Waals surface area contributed by atoms with Gasteiger partial charge in [-0.2, -0.15) is 0 Å². The molecule has 2 aromatic carbocycles. The highest BCUT2D eigenvalue weighted by Crippen LogP contribution is 2.44. The molecule has 33 heavy (non-hydrogen) atoms. The van der Waals surface area contributed by atoms with Gasteiger partial charge < -0.3 is 15.1 Å². The Morgan fingerprint density at radius 1 is 1.00 bits per heavy atom. The average molecular weight is 475 g/mol. The van der Waals surface area contributed by atoms with Crippen molar-refractivity contribution in [1.29, 1.82) is 0 Å². The van der Waals surface area contributed by atoms with E-state index in [0.717, 1.165) is 17.1 Å². The normalized spacial score (nSPS) is 20.0. The van der Waals surface area contributed by atoms with Gasteiger partial charge in [0.2, 0.25) is 0 Å². The second-order valence-corrected chi connectivity index (χ2v) is 9.76. The Bertz CT molecular complexity index is 1490. The highest BCUT2D eigenvalue weighted by atomic mass is 35.5. The number of Topliss-reactive ketones (excluding diaryl/α,β-unsaturated/α-hetero) is 1. The Kier molecular flexibility index (Phi) is 4.85. The van der Waals surface area contributed by atoms with Crippen LogP contribution in [-0.4, -0.2) is 5.78 Å². The number of benzene rings is 2. The number of rotatable bonds is 2. The van der Waals surface area contributed by atoms with Gasteiger partial charge in [-0.05, 0) is 48.2 Å². The van der Waals surface area contributed by atoms with E-state index < -0.39 is 6.04 Å². The van der Waals surface area contributed by atoms with Crippen LogP contribution in [0, 0.1) is 0 Å². The summed E-state index contributed by atoms with van der Waals surface area (Å²) in [4.78, 5) is 28.3. The number of fused-ring (bicyclic) bond motifs is 2. The van der Waals surface area contributed by atoms with Crippen molar-refractivity contribution in [3.63, 3.8) is 0 Å². The molecule has 164 valence electrons. The highest BCUT2D eigenvalue weighted by Gasteiger charge is 2.37. The van der Waals surface area contributed by atoms with Gasteiger partial charge in [0.1, 0.15) is 11.8 Å². The topological polar surface area (TPSA) is 71.3 Å². The molecular weight excluding hydrogens is 456 g/mol. The van der Waals surface area contributed by atoms with Crippen molar-refractivity contribution < 1.29 is 9.21 Å². The zero-order valence-electron chi connectivity index (χ0n) is 17.4. The molecule has 1 aliphatic carbocycles. The minimum Gasteiger partial charge on any atom is -0.464 e. The van der Waals surface area contributed by atoms with Gasteiger partial charge in [0.15, 0.2) is 11.2 Å². The number of hydrogen-bond acceptors (Lipinski definition) is 6. The standard InChI is InChI=1S/C26H19ClN2O3S/c27-15-7-8-22-16(12-15)26(31)17(13-32-22)25-24-20(28-18-4-1-2-5-19(18)29-25)10-14(11-21(24)30)23-6-3-9-33-23/h1-9,12-14,25,28-29H,10-11H2/t14-,25+/m0/s1. The maximum atomic E-state index is 13.6. The fourth-order valence-electron chi connectivity index (χ4n) is 4.77. The van der Waals surface area contributed by atoms with Crippen molar-refractivity contribution in [3.8, 4) is 0 Å². The van der Waals surface area contributed by atoms with Gasteiger partial charge in [0.25, 0.3) is 0 Å². The Morgan fingerprint density at radius 3 is 2.67 bits per heavy atom. The lowest BCUT2D eigenvalue weighted by Gasteiger charge is -2.28. The monoisotopic (exact) mass is 474 g/mol. The Balaban J connectivity index is 1.54. The quantitative estimate of drug-likeness (QED) is 0.347. The van der Waals surface area contributed by atoms with Crippen LogP contribution in [0.25, 0.3) is 11.0 Å². The largest absolute Gasteiger partial charge is 0.464 e. The first-order chi connectivity index (χ1) is 16.1. The van der Waals surface area contributed by atoms with E-state index in [1.54, 1.807) is 29.5 Å². The van der Waals surface area contributed by atoms with Crippen molar-refractivity contribution in [2.24, 2.45) is 0 Å². The molecular formula is C26H19ClN2O3S. The maximum absolute atomic E-state index is 13.6. The second kappa shape index (κ2) is 7.90. The van der Waals surface area contributed by atoms with E-state index in [2.05, 4.69) is 16.7 Å². The summed E-state index contributed by atoms with van der Waals surface area (Å²) in [6.07, 6.45) is 2.56. The Hall–Kier alpha value is -3.35. The number of ketones is 1. The maximum Gasteiger partial charge on any atom is 0.198 e. The van der Waals surface area contributed by atoms with E-state index in [9.17, 15) is 9.59 Å². The number of para-hydroxylation sites is 2. The van der Waals surface area contributed by atoms with Gasteiger partial charge in [-0.25, -0.2) is 0 Å². The summed E-state index contributed by atoms with van der Waals surface area (Å²) < 4.78 is 5.80. The number of nitrogens with one attached hydrogen (secondary N) is 2. The summed E-state index contributed by atoms with van der Waals surface area (Å²) in [6, 6.07) is 16.2. The van der Waals surface area contributed by atoms with Crippen LogP contribution in [0.5, 0.6) is 0 Å². The van der Waals surface area contributed by atoms with Crippen LogP contribution in [0.2, 0.25) is 5.02 Å². The summed E-state index contributed by atoms with van der Waals surface area (Å²) >= 11 is 7.82. The smallest absolute Gasteiger partial charge is 0.198 e. The summed E-state index contributed by atoms with van der Waals surface area (Å²) in [5.74, 6) is 0.138. The van der Waals surface area contributed by atoms with E-state index in [1.807, 2.05) is 35.7 Å². The number of hydrogen-bond donors (Lipinski definition) is 2. The first-order valence-corrected chi connectivity index (χ1v) is 12.0. The summed E-state index contributed by atoms with van der Waals surface area (Å²) in [7, 11) is 0. The molecule has 2 N–H and O–H groups in total. The van der Waals surface area contributed by atoms with Gasteiger partial charge in [-0.1, -0.05) is 29.8 Å². The fraction of sp³-hybridized carbons (Fsp3) is 0.154. The molecule has 3 heterocycles. The van der Waals surface area contributed by atoms with E-state index in [1.165, 1.54) is 11.1 Å². The average Bonchev–Trinajstić information content (AvgIpc) is 3.29. The first-order valence-electron chi connectivity index (χ1n) is 10.7. The van der Waals surface area contributed by atoms with Crippen molar-refractivity contribution in [2.45, 2.75) is 24.8 Å². The SMILES string of the molecule is O=C1C[C@@H](c2cccs2)CC2=C1[C@@H](c1coc3ccc(Cl)cc3c1=O)Nc1ccccc1N2. The van der Waals surface area contributed by atoms with Crippen molar-refractivity contribution >= 4 is 51.1 Å². The second-order valence-electron chi connectivity index (χ2n) is 8.34. The molecule has 1 aliphatic heterocycles. The number of carbonyl (C=O) groups is 1. The van der Waals surface area contributed by atoms with Crippen LogP contribution in [0.3, 0.4) is 0 Å². The predicted octanol–water partition coefficient (Wildman–Crippen LogP) is 6.49. The molecule has 0 bridgehead atoms. The molecule has 2 aromatic heterocycles. The molecule has 4 aromatic rings. The fourth-order valence-corrected chi connectivity index (χ4v) is 5.77. The number of carbonyl (C=O) groups excluding carboxylic acids is 1. The lowest BCUT2D eigenvalue weighted by atomic mass is 9.81. The molecule has 7 heteroatoms. The molecule has 0 fully saturated rings. The van der Waals surface area contributed by atoms with Crippen molar-refractivity contribution in [2.75, 3.05) is 10.6 Å². The molecule has 0 saturated heterocycles. The third-order valence-electron chi connectivity index (χ3n) is 6.33. The molecule has 2 atom stereocenters. The third kappa shape index (κ3) is 3.46. The van der Waals surface area contributed by atoms with E-state index >= 15 is 0 Å². The molecule has 0 radical (unpaired) electrons. The molecule has 0 saturated carbocycles. The zero-order chi connectivity index (χ0) is 22.5. The summed E-state index contributed by atoms with van der Waals surface area (Å²) in [5.41, 5.74) is 3.78. The summed E-state index contributed by atoms with van der Waals surface area (Å²) in [5, 5.41) is 9.83. The van der Waals surface area contributed by atoms with Gasteiger partial charge in [0.05, 0.1) is 28.4 Å². The minimum atomic E-state index is -0.632. The Labute approximate surface area is 198 Å². The van der Waals surface area contributed by atoms with E-state index in [-0.39, 0.29) is 17.1 Å². The zero-order valence-corrected chi connectivity index (χ0v) is 19.0. The highest BCUT2D eigenvalue weighted by molar-refractivity contribution is 7.10. The first kappa shape index (κ1) is 20.3.